The maximum Gasteiger partial charge on any atom is 0.257 e. The standard InChI is InChI=1S/C23H24ClFN2O4S/c1-13-20(23(29)26-17-6-8-18(9-7-17)32(4,30)31)12-27(14(2)15(3)28)22(13)19-10-5-16(25)11-21(19)24/h5-12,14-15,28H,1-4H3,(H,26,29)/t14-,15+/m1/s1. The van der Waals surface area contributed by atoms with Crippen molar-refractivity contribution in [1.82, 2.24) is 4.57 Å². The molecule has 0 saturated heterocycles. The van der Waals surface area contributed by atoms with Gasteiger partial charge in [-0.3, -0.25) is 4.79 Å². The van der Waals surface area contributed by atoms with E-state index in [0.717, 1.165) is 6.26 Å². The second-order valence-corrected chi connectivity index (χ2v) is 10.2. The minimum Gasteiger partial charge on any atom is -0.391 e. The molecule has 32 heavy (non-hydrogen) atoms. The molecule has 0 aliphatic rings. The predicted octanol–water partition coefficient (Wildman–Crippen LogP) is 4.85. The van der Waals surface area contributed by atoms with Crippen molar-refractivity contribution < 1.29 is 22.7 Å². The highest BCUT2D eigenvalue weighted by molar-refractivity contribution is 7.90. The number of benzene rings is 2. The number of hydrogen-bond acceptors (Lipinski definition) is 4. The number of aliphatic hydroxyl groups is 1. The number of nitrogens with zero attached hydrogens (tertiary/aromatic N) is 1. The Kier molecular flexibility index (Phi) is 6.78. The minimum atomic E-state index is -3.34. The number of anilines is 1. The van der Waals surface area contributed by atoms with Gasteiger partial charge in [0.25, 0.3) is 5.91 Å². The zero-order chi connectivity index (χ0) is 23.8. The van der Waals surface area contributed by atoms with Crippen molar-refractivity contribution in [2.75, 3.05) is 11.6 Å². The lowest BCUT2D eigenvalue weighted by molar-refractivity contribution is 0.102. The third kappa shape index (κ3) is 4.87. The van der Waals surface area contributed by atoms with Gasteiger partial charge in [-0.2, -0.15) is 0 Å². The summed E-state index contributed by atoms with van der Waals surface area (Å²) >= 11 is 6.30. The van der Waals surface area contributed by atoms with Crippen LogP contribution in [-0.4, -0.2) is 36.4 Å². The van der Waals surface area contributed by atoms with Crippen LogP contribution >= 0.6 is 11.6 Å². The van der Waals surface area contributed by atoms with Gasteiger partial charge < -0.3 is 15.0 Å². The van der Waals surface area contributed by atoms with Gasteiger partial charge in [-0.15, -0.1) is 0 Å². The van der Waals surface area contributed by atoms with Gasteiger partial charge in [0.15, 0.2) is 9.84 Å². The first-order valence-corrected chi connectivity index (χ1v) is 12.1. The van der Waals surface area contributed by atoms with Crippen LogP contribution in [0.15, 0.2) is 53.6 Å². The number of nitrogens with one attached hydrogen (secondary N) is 1. The predicted molar refractivity (Wildman–Crippen MR) is 123 cm³/mol. The fraction of sp³-hybridized carbons (Fsp3) is 0.261. The van der Waals surface area contributed by atoms with Crippen LogP contribution in [0, 0.1) is 12.7 Å². The molecule has 0 aliphatic carbocycles. The van der Waals surface area contributed by atoms with E-state index in [4.69, 9.17) is 11.6 Å². The Balaban J connectivity index is 2.04. The molecule has 0 fully saturated rings. The van der Waals surface area contributed by atoms with Gasteiger partial charge in [-0.1, -0.05) is 11.6 Å². The number of carbonyl (C=O) groups is 1. The van der Waals surface area contributed by atoms with Crippen LogP contribution in [0.1, 0.15) is 35.8 Å². The summed E-state index contributed by atoms with van der Waals surface area (Å²) < 4.78 is 38.6. The Morgan fingerprint density at radius 2 is 1.78 bits per heavy atom. The Morgan fingerprint density at radius 3 is 2.31 bits per heavy atom. The molecule has 0 spiro atoms. The molecular weight excluding hydrogens is 455 g/mol. The highest BCUT2D eigenvalue weighted by Crippen LogP contribution is 2.36. The lowest BCUT2D eigenvalue weighted by Crippen LogP contribution is -2.18. The van der Waals surface area contributed by atoms with E-state index in [1.54, 1.807) is 31.5 Å². The third-order valence-electron chi connectivity index (χ3n) is 5.39. The second-order valence-electron chi connectivity index (χ2n) is 7.78. The third-order valence-corrected chi connectivity index (χ3v) is 6.83. The summed E-state index contributed by atoms with van der Waals surface area (Å²) in [5.74, 6) is -0.890. The van der Waals surface area contributed by atoms with E-state index < -0.39 is 27.7 Å². The first-order valence-electron chi connectivity index (χ1n) is 9.86. The van der Waals surface area contributed by atoms with E-state index in [-0.39, 0.29) is 16.0 Å². The molecule has 0 aliphatic heterocycles. The number of aliphatic hydroxyl groups excluding tert-OH is 1. The van der Waals surface area contributed by atoms with Gasteiger partial charge in [-0.05, 0) is 68.8 Å². The maximum absolute atomic E-state index is 13.6. The SMILES string of the molecule is Cc1c(C(=O)Nc2ccc(S(C)(=O)=O)cc2)cn([C@H](C)[C@H](C)O)c1-c1ccc(F)cc1Cl. The number of amides is 1. The van der Waals surface area contributed by atoms with Gasteiger partial charge in [-0.25, -0.2) is 12.8 Å². The van der Waals surface area contributed by atoms with Crippen LogP contribution < -0.4 is 5.32 Å². The molecule has 3 aromatic rings. The fourth-order valence-electron chi connectivity index (χ4n) is 3.41. The Labute approximate surface area is 191 Å². The topological polar surface area (TPSA) is 88.4 Å². The lowest BCUT2D eigenvalue weighted by atomic mass is 10.0. The summed E-state index contributed by atoms with van der Waals surface area (Å²) in [4.78, 5) is 13.2. The molecule has 0 radical (unpaired) electrons. The summed E-state index contributed by atoms with van der Waals surface area (Å²) in [5, 5.41) is 13.1. The number of hydrogen-bond donors (Lipinski definition) is 2. The molecule has 1 heterocycles. The number of carbonyl (C=O) groups excluding carboxylic acids is 1. The van der Waals surface area contributed by atoms with Crippen LogP contribution in [0.3, 0.4) is 0 Å². The quantitative estimate of drug-likeness (QED) is 0.530. The van der Waals surface area contributed by atoms with Crippen LogP contribution in [-0.2, 0) is 9.84 Å². The van der Waals surface area contributed by atoms with Crippen LogP contribution in [0.5, 0.6) is 0 Å². The van der Waals surface area contributed by atoms with Crippen molar-refractivity contribution in [3.63, 3.8) is 0 Å². The molecule has 1 amide bonds. The highest BCUT2D eigenvalue weighted by Gasteiger charge is 2.25. The molecule has 2 atom stereocenters. The maximum atomic E-state index is 13.6. The van der Waals surface area contributed by atoms with Crippen LogP contribution in [0.25, 0.3) is 11.3 Å². The first-order chi connectivity index (χ1) is 14.9. The average molecular weight is 479 g/mol. The molecule has 170 valence electrons. The largest absolute Gasteiger partial charge is 0.391 e. The summed E-state index contributed by atoms with van der Waals surface area (Å²) in [6.07, 6.45) is 2.01. The molecule has 6 nitrogen and oxygen atoms in total. The molecule has 2 aromatic carbocycles. The Hall–Kier alpha value is -2.68. The smallest absolute Gasteiger partial charge is 0.257 e. The molecule has 0 saturated carbocycles. The Bertz CT molecular complexity index is 1270. The zero-order valence-corrected chi connectivity index (χ0v) is 19.6. The van der Waals surface area contributed by atoms with E-state index >= 15 is 0 Å². The summed E-state index contributed by atoms with van der Waals surface area (Å²) in [7, 11) is -3.34. The van der Waals surface area contributed by atoms with Crippen LogP contribution in [0.2, 0.25) is 5.02 Å². The van der Waals surface area contributed by atoms with Crippen molar-refractivity contribution in [2.24, 2.45) is 0 Å². The van der Waals surface area contributed by atoms with Gasteiger partial charge in [0.2, 0.25) is 0 Å². The van der Waals surface area contributed by atoms with E-state index in [1.165, 1.54) is 42.5 Å². The monoisotopic (exact) mass is 478 g/mol. The van der Waals surface area contributed by atoms with Gasteiger partial charge in [0.1, 0.15) is 5.82 Å². The lowest BCUT2D eigenvalue weighted by Gasteiger charge is -2.21. The first kappa shape index (κ1) is 24.0. The van der Waals surface area contributed by atoms with E-state index in [1.807, 2.05) is 0 Å². The molecule has 0 bridgehead atoms. The van der Waals surface area contributed by atoms with Gasteiger partial charge >= 0.3 is 0 Å². The fourth-order valence-corrected chi connectivity index (χ4v) is 4.30. The number of halogens is 2. The van der Waals surface area contributed by atoms with Crippen molar-refractivity contribution in [1.29, 1.82) is 0 Å². The normalized spacial score (nSPS) is 13.6. The molecule has 9 heteroatoms. The number of sulfone groups is 1. The van der Waals surface area contributed by atoms with E-state index in [2.05, 4.69) is 5.32 Å². The molecule has 2 N–H and O–H groups in total. The molecule has 0 unspecified atom stereocenters. The summed E-state index contributed by atoms with van der Waals surface area (Å²) in [6.45, 7) is 5.19. The molecule has 1 aromatic heterocycles. The molecular formula is C23H24ClFN2O4S. The summed E-state index contributed by atoms with van der Waals surface area (Å²) in [5.41, 5.74) is 2.52. The van der Waals surface area contributed by atoms with Gasteiger partial charge in [0.05, 0.1) is 33.3 Å². The minimum absolute atomic E-state index is 0.150. The van der Waals surface area contributed by atoms with Gasteiger partial charge in [0, 0.05) is 23.7 Å². The van der Waals surface area contributed by atoms with Crippen molar-refractivity contribution >= 4 is 33.0 Å². The zero-order valence-electron chi connectivity index (χ0n) is 18.1. The second kappa shape index (κ2) is 9.05. The average Bonchev–Trinajstić information content (AvgIpc) is 3.04. The van der Waals surface area contributed by atoms with Crippen LogP contribution in [0.4, 0.5) is 10.1 Å². The number of rotatable bonds is 6. The number of aromatic nitrogens is 1. The molecule has 3 rings (SSSR count). The highest BCUT2D eigenvalue weighted by atomic mass is 35.5. The van der Waals surface area contributed by atoms with Crippen molar-refractivity contribution in [2.45, 2.75) is 37.8 Å². The van der Waals surface area contributed by atoms with Crippen molar-refractivity contribution in [3.05, 3.63) is 70.6 Å². The summed E-state index contributed by atoms with van der Waals surface area (Å²) in [6, 6.07) is 9.49. The van der Waals surface area contributed by atoms with Crippen molar-refractivity contribution in [3.8, 4) is 11.3 Å². The Morgan fingerprint density at radius 1 is 1.16 bits per heavy atom. The van der Waals surface area contributed by atoms with E-state index in [0.29, 0.717) is 28.1 Å². The van der Waals surface area contributed by atoms with E-state index in [9.17, 15) is 22.7 Å².